The van der Waals surface area contributed by atoms with E-state index in [0.717, 1.165) is 170 Å². The fraction of sp³-hybridized carbons (Fsp3) is 0.878. The number of nitrogens with zero attached hydrogens (tertiary/aromatic N) is 3. The average molecular weight is 1630 g/mol. The van der Waals surface area contributed by atoms with Gasteiger partial charge in [0.15, 0.2) is 29.4 Å². The monoisotopic (exact) mass is 1630 g/mol. The van der Waals surface area contributed by atoms with Crippen LogP contribution in [-0.4, -0.2) is 155 Å². The predicted octanol–water partition coefficient (Wildman–Crippen LogP) is 19.2. The summed E-state index contributed by atoms with van der Waals surface area (Å²) >= 11 is 0. The van der Waals surface area contributed by atoms with Crippen molar-refractivity contribution in [3.63, 3.8) is 0 Å². The highest BCUT2D eigenvalue weighted by atomic mass is 16.8. The smallest absolute Gasteiger partial charge is 0.233 e. The van der Waals surface area contributed by atoms with Crippen LogP contribution in [-0.2, 0) is 76.1 Å². The molecule has 8 aliphatic heterocycles. The lowest BCUT2D eigenvalue weighted by Crippen LogP contribution is -2.47. The molecule has 27 unspecified atom stereocenters. The zero-order valence-electron chi connectivity index (χ0n) is 75.3. The van der Waals surface area contributed by atoms with Gasteiger partial charge in [-0.2, -0.15) is 0 Å². The van der Waals surface area contributed by atoms with E-state index in [0.29, 0.717) is 72.1 Å². The largest absolute Gasteiger partial charge is 0.348 e. The summed E-state index contributed by atoms with van der Waals surface area (Å²) in [5.74, 6) is 6.73. The lowest BCUT2D eigenvalue weighted by Gasteiger charge is -2.44. The van der Waals surface area contributed by atoms with Crippen molar-refractivity contribution in [2.45, 2.75) is 382 Å². The summed E-state index contributed by atoms with van der Waals surface area (Å²) in [6.45, 7) is 40.3. The molecule has 1 aromatic carbocycles. The Morgan fingerprint density at radius 3 is 1.51 bits per heavy atom. The molecule has 19 nitrogen and oxygen atoms in total. The van der Waals surface area contributed by atoms with Crippen LogP contribution in [0.5, 0.6) is 0 Å². The van der Waals surface area contributed by atoms with E-state index in [1.54, 1.807) is 9.80 Å². The molecule has 18 rings (SSSR count). The Morgan fingerprint density at radius 1 is 0.462 bits per heavy atom. The van der Waals surface area contributed by atoms with Crippen molar-refractivity contribution < 1.29 is 76.1 Å². The third-order valence-corrected chi connectivity index (χ3v) is 34.1. The maximum Gasteiger partial charge on any atom is 0.233 e. The van der Waals surface area contributed by atoms with Crippen molar-refractivity contribution in [1.82, 2.24) is 14.7 Å². The molecule has 0 N–H and O–H groups in total. The van der Waals surface area contributed by atoms with Crippen molar-refractivity contribution >= 4 is 35.4 Å². The SMILES string of the molecule is CC1C(=O)N(C2CCC3OC4(CCC(C(C)(C)C)CC4)OC3C2)C(=O)C1C.CC1C(=O)N(CC2CC3CC2CC32COC(c3ccccc3)OC2)C(=O)C1C.CCC1CC(CC)C(CC2COC(C)(CC)O2)C1.CCC1CC(CC)C(CC2COC3(CCCCC3)O2)C1.CCCC1(C)OC2C3CC(CN4C(=O)C(C)C(C)C4=O)C(C3)C2O1. The molecule has 658 valence electrons. The first kappa shape index (κ1) is 89.5. The molecule has 19 heteroatoms. The second-order valence-electron chi connectivity index (χ2n) is 42.4. The lowest BCUT2D eigenvalue weighted by molar-refractivity contribution is -0.246. The Kier molecular flexibility index (Phi) is 28.2. The number of ether oxygens (including phenoxy) is 10. The number of hydrogen-bond donors (Lipinski definition) is 0. The number of carbonyl (C=O) groups is 6. The summed E-state index contributed by atoms with van der Waals surface area (Å²) in [7, 11) is 0. The molecule has 27 atom stereocenters. The van der Waals surface area contributed by atoms with Gasteiger partial charge in [-0.25, -0.2) is 0 Å². The number of carbonyl (C=O) groups excluding carboxylic acids is 6. The maximum atomic E-state index is 12.6. The summed E-state index contributed by atoms with van der Waals surface area (Å²) in [5, 5.41) is 0. The summed E-state index contributed by atoms with van der Waals surface area (Å²) in [4.78, 5) is 79.4. The van der Waals surface area contributed by atoms with Crippen LogP contribution in [0, 0.1) is 123 Å². The van der Waals surface area contributed by atoms with Gasteiger partial charge in [0.05, 0.1) is 63.1 Å². The van der Waals surface area contributed by atoms with Gasteiger partial charge >= 0.3 is 0 Å². The zero-order valence-corrected chi connectivity index (χ0v) is 75.3. The fourth-order valence-corrected chi connectivity index (χ4v) is 25.9. The van der Waals surface area contributed by atoms with E-state index >= 15 is 0 Å². The molecule has 4 bridgehead atoms. The molecule has 17 fully saturated rings. The van der Waals surface area contributed by atoms with E-state index in [1.165, 1.54) is 94.8 Å². The van der Waals surface area contributed by atoms with Crippen LogP contribution in [0.1, 0.15) is 322 Å². The van der Waals surface area contributed by atoms with Crippen molar-refractivity contribution in [3.8, 4) is 0 Å². The minimum Gasteiger partial charge on any atom is -0.348 e. The van der Waals surface area contributed by atoms with Crippen LogP contribution in [0.4, 0.5) is 0 Å². The highest BCUT2D eigenvalue weighted by molar-refractivity contribution is 6.06. The third-order valence-electron chi connectivity index (χ3n) is 34.1. The normalized spacial score (nSPS) is 44.8. The number of hydrogen-bond acceptors (Lipinski definition) is 16. The van der Waals surface area contributed by atoms with Gasteiger partial charge in [0, 0.05) is 97.7 Å². The molecule has 8 saturated heterocycles. The molecular weight excluding hydrogens is 1480 g/mol. The second-order valence-corrected chi connectivity index (χ2v) is 42.4. The highest BCUT2D eigenvalue weighted by Gasteiger charge is 2.63. The highest BCUT2D eigenvalue weighted by Crippen LogP contribution is 2.62. The first-order valence-electron chi connectivity index (χ1n) is 48.0. The van der Waals surface area contributed by atoms with Crippen molar-refractivity contribution in [2.24, 2.45) is 123 Å². The molecule has 6 amide bonds. The van der Waals surface area contributed by atoms with Crippen molar-refractivity contribution in [3.05, 3.63) is 35.9 Å². The topological polar surface area (TPSA) is 204 Å². The van der Waals surface area contributed by atoms with Crippen LogP contribution in [0.3, 0.4) is 0 Å². The number of imide groups is 3. The zero-order chi connectivity index (χ0) is 83.4. The summed E-state index contributed by atoms with van der Waals surface area (Å²) in [5.41, 5.74) is 1.53. The van der Waals surface area contributed by atoms with E-state index in [-0.39, 0.29) is 125 Å². The van der Waals surface area contributed by atoms with Gasteiger partial charge in [-0.1, -0.05) is 173 Å². The van der Waals surface area contributed by atoms with Gasteiger partial charge in [0.1, 0.15) is 0 Å². The van der Waals surface area contributed by atoms with Crippen LogP contribution >= 0.6 is 0 Å². The van der Waals surface area contributed by atoms with Gasteiger partial charge in [-0.15, -0.1) is 0 Å². The molecule has 0 radical (unpaired) electrons. The summed E-state index contributed by atoms with van der Waals surface area (Å²) in [6.07, 6.45) is 35.8. The van der Waals surface area contributed by atoms with Gasteiger partial charge in [-0.05, 0) is 218 Å². The standard InChI is InChI=1S/C23H29NO4.C22H35NO4.C19H29NO4.C18H32O2.C16H30O2/c1-14-15(2)21(26)24(20(14)25)11-18-9-19-8-17(18)10-23(19)12-27-22(28-13-23)16-6-4-3-5-7-16;1-13-14(2)20(25)23(19(13)24)16-6-7-17-18(12-16)27-22(26-17)10-8-15(9-11-22)21(3,4)5;1-5-6-19(4)23-15-12-7-13(14(8-12)16(15)24-19)9-20-17(21)10(2)11(3)18(20)22;1-3-14-10-15(4-2)16(11-14)12-17-13-19-18(20-17)8-6-5-7-9-18;1-5-12-8-13(6-2)14(9-12)10-15-11-17-16(4,7-3)18-15/h3-7,14-15,17-19,22H,8-13H2,1-2H3;13-18H,6-12H2,1-5H3;10-16H,5-9H2,1-4H3;14-17H,3-13H2,1-2H3;12-15H,5-11H2,1-4H3. The molecule has 8 heterocycles. The summed E-state index contributed by atoms with van der Waals surface area (Å²) in [6, 6.07) is 10.1. The first-order valence-corrected chi connectivity index (χ1v) is 48.0. The van der Waals surface area contributed by atoms with E-state index in [2.05, 4.69) is 76.2 Å². The minimum absolute atomic E-state index is 0.00439. The first-order chi connectivity index (χ1) is 55.8. The average Bonchev–Trinajstić information content (AvgIpc) is 1.58. The Hall–Kier alpha value is -3.76. The van der Waals surface area contributed by atoms with Gasteiger partial charge in [-0.3, -0.25) is 43.5 Å². The summed E-state index contributed by atoms with van der Waals surface area (Å²) < 4.78 is 62.2. The predicted molar refractivity (Wildman–Crippen MR) is 448 cm³/mol. The Morgan fingerprint density at radius 2 is 0.991 bits per heavy atom. The Bertz CT molecular complexity index is 3490. The van der Waals surface area contributed by atoms with Crippen LogP contribution in [0.15, 0.2) is 30.3 Å². The molecule has 1 aromatic rings. The van der Waals surface area contributed by atoms with Crippen LogP contribution in [0.25, 0.3) is 0 Å². The quantitative estimate of drug-likeness (QED) is 0.133. The van der Waals surface area contributed by atoms with Crippen LogP contribution < -0.4 is 0 Å². The second kappa shape index (κ2) is 36.8. The Labute approximate surface area is 703 Å². The molecule has 17 aliphatic rings. The fourth-order valence-electron chi connectivity index (χ4n) is 25.9. The molecule has 3 spiro atoms. The van der Waals surface area contributed by atoms with E-state index in [4.69, 9.17) is 47.4 Å². The van der Waals surface area contributed by atoms with Gasteiger partial charge < -0.3 is 47.4 Å². The number of likely N-dealkylation sites (tertiary alicyclic amines) is 3. The van der Waals surface area contributed by atoms with E-state index in [1.807, 2.05) is 71.9 Å². The van der Waals surface area contributed by atoms with Gasteiger partial charge in [0.2, 0.25) is 35.4 Å². The number of benzene rings is 1. The van der Waals surface area contributed by atoms with E-state index in [9.17, 15) is 28.8 Å². The number of rotatable bonds is 17. The molecule has 9 aliphatic carbocycles. The van der Waals surface area contributed by atoms with Gasteiger partial charge in [0.25, 0.3) is 0 Å². The maximum absolute atomic E-state index is 12.6. The molecular formula is C98H155N3O16. The van der Waals surface area contributed by atoms with Crippen molar-refractivity contribution in [2.75, 3.05) is 39.5 Å². The number of amides is 6. The lowest BCUT2D eigenvalue weighted by atomic mass is 9.70. The van der Waals surface area contributed by atoms with E-state index < -0.39 is 11.6 Å². The van der Waals surface area contributed by atoms with Crippen LogP contribution in [0.2, 0.25) is 0 Å². The molecule has 0 aromatic heterocycles. The molecule has 117 heavy (non-hydrogen) atoms. The third kappa shape index (κ3) is 18.8. The number of fused-ring (bicyclic) bond motifs is 9. The minimum atomic E-state index is -0.446. The van der Waals surface area contributed by atoms with Crippen molar-refractivity contribution in [1.29, 1.82) is 0 Å². The Balaban J connectivity index is 0.000000122. The molecule has 9 saturated carbocycles.